The average molecular weight is 264 g/mol. The molecule has 1 unspecified atom stereocenters. The van der Waals surface area contributed by atoms with E-state index in [-0.39, 0.29) is 17.7 Å². The van der Waals surface area contributed by atoms with Crippen LogP contribution in [-0.4, -0.2) is 24.1 Å². The summed E-state index contributed by atoms with van der Waals surface area (Å²) in [7, 11) is 0. The molecule has 0 aliphatic carbocycles. The number of carbonyl (C=O) groups is 1. The van der Waals surface area contributed by atoms with Gasteiger partial charge < -0.3 is 15.7 Å². The molecular weight excluding hydrogens is 240 g/mol. The molecule has 0 heterocycles. The van der Waals surface area contributed by atoms with E-state index in [9.17, 15) is 9.90 Å². The summed E-state index contributed by atoms with van der Waals surface area (Å²) in [4.78, 5) is 11.5. The van der Waals surface area contributed by atoms with Crippen molar-refractivity contribution in [1.82, 2.24) is 10.6 Å². The number of hydrogen-bond donors (Lipinski definition) is 3. The first kappa shape index (κ1) is 15.5. The molecule has 106 valence electrons. The van der Waals surface area contributed by atoms with Gasteiger partial charge in [0.05, 0.1) is 0 Å². The minimum atomic E-state index is 0.0269. The van der Waals surface area contributed by atoms with Crippen LogP contribution < -0.4 is 10.6 Å². The van der Waals surface area contributed by atoms with Crippen LogP contribution >= 0.6 is 0 Å². The average Bonchev–Trinajstić information content (AvgIpc) is 2.36. The van der Waals surface area contributed by atoms with Crippen molar-refractivity contribution in [3.05, 3.63) is 29.8 Å². The van der Waals surface area contributed by atoms with Crippen LogP contribution in [0.15, 0.2) is 24.3 Å². The van der Waals surface area contributed by atoms with Crippen molar-refractivity contribution < 1.29 is 9.90 Å². The molecule has 0 aliphatic heterocycles. The van der Waals surface area contributed by atoms with Gasteiger partial charge >= 0.3 is 0 Å². The Labute approximate surface area is 115 Å². The van der Waals surface area contributed by atoms with Crippen molar-refractivity contribution in [1.29, 1.82) is 0 Å². The van der Waals surface area contributed by atoms with Crippen molar-refractivity contribution in [2.24, 2.45) is 5.92 Å². The Kier molecular flexibility index (Phi) is 6.36. The molecular formula is C15H24N2O2. The number of rotatable bonds is 7. The zero-order valence-electron chi connectivity index (χ0n) is 11.9. The third-order valence-corrected chi connectivity index (χ3v) is 2.91. The third-order valence-electron chi connectivity index (χ3n) is 2.91. The van der Waals surface area contributed by atoms with Crippen LogP contribution in [0, 0.1) is 5.92 Å². The molecule has 1 atom stereocenters. The zero-order chi connectivity index (χ0) is 14.3. The monoisotopic (exact) mass is 264 g/mol. The fraction of sp³-hybridized carbons (Fsp3) is 0.533. The van der Waals surface area contributed by atoms with E-state index in [1.54, 1.807) is 12.1 Å². The van der Waals surface area contributed by atoms with Gasteiger partial charge in [0.15, 0.2) is 0 Å². The molecule has 1 rings (SSSR count). The van der Waals surface area contributed by atoms with Crippen LogP contribution in [0.4, 0.5) is 0 Å². The van der Waals surface area contributed by atoms with E-state index in [0.717, 1.165) is 5.56 Å². The quantitative estimate of drug-likeness (QED) is 0.707. The lowest BCUT2D eigenvalue weighted by molar-refractivity contribution is -0.121. The minimum absolute atomic E-state index is 0.0269. The highest BCUT2D eigenvalue weighted by molar-refractivity contribution is 5.76. The predicted octanol–water partition coefficient (Wildman–Crippen LogP) is 2.21. The zero-order valence-corrected chi connectivity index (χ0v) is 11.9. The van der Waals surface area contributed by atoms with Crippen LogP contribution in [0.1, 0.15) is 38.8 Å². The Bertz CT molecular complexity index is 405. The highest BCUT2D eigenvalue weighted by Gasteiger charge is 2.09. The molecule has 0 saturated carbocycles. The van der Waals surface area contributed by atoms with Gasteiger partial charge in [-0.2, -0.15) is 0 Å². The number of hydrogen-bond acceptors (Lipinski definition) is 3. The minimum Gasteiger partial charge on any atom is -0.508 e. The molecule has 19 heavy (non-hydrogen) atoms. The van der Waals surface area contributed by atoms with Gasteiger partial charge in [0.25, 0.3) is 0 Å². The van der Waals surface area contributed by atoms with Gasteiger partial charge in [-0.05, 0) is 18.9 Å². The van der Waals surface area contributed by atoms with E-state index in [1.165, 1.54) is 0 Å². The first-order valence-corrected chi connectivity index (χ1v) is 6.78. The summed E-state index contributed by atoms with van der Waals surface area (Å²) in [5.74, 6) is 0.814. The predicted molar refractivity (Wildman–Crippen MR) is 77.0 cm³/mol. The summed E-state index contributed by atoms with van der Waals surface area (Å²) in [6.07, 6.45) is 0.449. The van der Waals surface area contributed by atoms with Gasteiger partial charge in [0, 0.05) is 31.1 Å². The lowest BCUT2D eigenvalue weighted by Gasteiger charge is -2.15. The van der Waals surface area contributed by atoms with Crippen molar-refractivity contribution in [3.8, 4) is 5.75 Å². The maximum absolute atomic E-state index is 11.5. The number of carbonyl (C=O) groups excluding carboxylic acids is 1. The van der Waals surface area contributed by atoms with Gasteiger partial charge in [0.2, 0.25) is 5.91 Å². The number of phenolic OH excluding ortho intramolecular Hbond substituents is 1. The van der Waals surface area contributed by atoms with Crippen LogP contribution in [-0.2, 0) is 4.79 Å². The molecule has 0 saturated heterocycles. The van der Waals surface area contributed by atoms with Crippen LogP contribution in [0.5, 0.6) is 5.75 Å². The molecule has 0 fully saturated rings. The number of para-hydroxylation sites is 1. The largest absolute Gasteiger partial charge is 0.508 e. The molecule has 0 bridgehead atoms. The Morgan fingerprint density at radius 2 is 1.95 bits per heavy atom. The summed E-state index contributed by atoms with van der Waals surface area (Å²) in [5, 5.41) is 15.8. The number of amides is 1. The topological polar surface area (TPSA) is 61.4 Å². The second-order valence-corrected chi connectivity index (χ2v) is 5.18. The summed E-state index contributed by atoms with van der Waals surface area (Å²) < 4.78 is 0. The van der Waals surface area contributed by atoms with Crippen molar-refractivity contribution in [3.63, 3.8) is 0 Å². The molecule has 0 aliphatic rings. The van der Waals surface area contributed by atoms with Crippen LogP contribution in [0.25, 0.3) is 0 Å². The van der Waals surface area contributed by atoms with E-state index in [4.69, 9.17) is 0 Å². The fourth-order valence-electron chi connectivity index (χ4n) is 1.77. The van der Waals surface area contributed by atoms with E-state index >= 15 is 0 Å². The Morgan fingerprint density at radius 3 is 2.58 bits per heavy atom. The summed E-state index contributed by atoms with van der Waals surface area (Å²) in [6.45, 7) is 7.42. The molecule has 1 amide bonds. The molecule has 1 aromatic carbocycles. The molecule has 0 aromatic heterocycles. The van der Waals surface area contributed by atoms with Crippen molar-refractivity contribution in [2.45, 2.75) is 33.2 Å². The number of nitrogens with one attached hydrogen (secondary N) is 2. The molecule has 0 radical (unpaired) electrons. The Hall–Kier alpha value is -1.55. The third kappa shape index (κ3) is 5.75. The highest BCUT2D eigenvalue weighted by atomic mass is 16.3. The lowest BCUT2D eigenvalue weighted by Crippen LogP contribution is -2.31. The van der Waals surface area contributed by atoms with Crippen LogP contribution in [0.2, 0.25) is 0 Å². The smallest absolute Gasteiger partial charge is 0.221 e. The molecule has 3 N–H and O–H groups in total. The molecule has 4 heteroatoms. The van der Waals surface area contributed by atoms with Gasteiger partial charge in [0.1, 0.15) is 5.75 Å². The van der Waals surface area contributed by atoms with E-state index in [0.29, 0.717) is 25.4 Å². The lowest BCUT2D eigenvalue weighted by atomic mass is 10.1. The Morgan fingerprint density at radius 1 is 1.26 bits per heavy atom. The molecule has 4 nitrogen and oxygen atoms in total. The number of aromatic hydroxyl groups is 1. The fourth-order valence-corrected chi connectivity index (χ4v) is 1.77. The molecule has 0 spiro atoms. The SMILES string of the molecule is CC(C)CNC(=O)CCNC(C)c1ccccc1O. The van der Waals surface area contributed by atoms with Crippen LogP contribution in [0.3, 0.4) is 0 Å². The van der Waals surface area contributed by atoms with E-state index in [2.05, 4.69) is 24.5 Å². The summed E-state index contributed by atoms with van der Waals surface area (Å²) >= 11 is 0. The summed E-state index contributed by atoms with van der Waals surface area (Å²) in [6, 6.07) is 7.27. The number of benzene rings is 1. The van der Waals surface area contributed by atoms with Crippen molar-refractivity contribution >= 4 is 5.91 Å². The highest BCUT2D eigenvalue weighted by Crippen LogP contribution is 2.22. The van der Waals surface area contributed by atoms with Gasteiger partial charge in [-0.1, -0.05) is 32.0 Å². The van der Waals surface area contributed by atoms with Gasteiger partial charge in [-0.15, -0.1) is 0 Å². The van der Waals surface area contributed by atoms with Crippen molar-refractivity contribution in [2.75, 3.05) is 13.1 Å². The number of phenols is 1. The normalized spacial score (nSPS) is 12.4. The van der Waals surface area contributed by atoms with E-state index in [1.807, 2.05) is 19.1 Å². The second kappa shape index (κ2) is 7.79. The summed E-state index contributed by atoms with van der Waals surface area (Å²) in [5.41, 5.74) is 0.852. The van der Waals surface area contributed by atoms with Gasteiger partial charge in [-0.25, -0.2) is 0 Å². The first-order valence-electron chi connectivity index (χ1n) is 6.78. The Balaban J connectivity index is 2.29. The molecule has 1 aromatic rings. The van der Waals surface area contributed by atoms with E-state index < -0.39 is 0 Å². The second-order valence-electron chi connectivity index (χ2n) is 5.18. The standard InChI is InChI=1S/C15H24N2O2/c1-11(2)10-17-15(19)8-9-16-12(3)13-6-4-5-7-14(13)18/h4-7,11-12,16,18H,8-10H2,1-3H3,(H,17,19). The maximum atomic E-state index is 11.5. The maximum Gasteiger partial charge on any atom is 0.221 e. The van der Waals surface area contributed by atoms with Gasteiger partial charge in [-0.3, -0.25) is 4.79 Å². The first-order chi connectivity index (χ1) is 9.00.